The lowest BCUT2D eigenvalue weighted by Crippen LogP contribution is -2.51. The summed E-state index contributed by atoms with van der Waals surface area (Å²) in [6.45, 7) is 12.8. The highest BCUT2D eigenvalue weighted by atomic mass is 16.2. The Morgan fingerprint density at radius 2 is 1.48 bits per heavy atom. The molecule has 4 heteroatoms. The quantitative estimate of drug-likeness (QED) is 0.813. The summed E-state index contributed by atoms with van der Waals surface area (Å²) in [7, 11) is 0. The highest BCUT2D eigenvalue weighted by molar-refractivity contribution is 5.84. The molecule has 0 N–H and O–H groups in total. The molecule has 3 rings (SSSR count). The smallest absolute Gasteiger partial charge is 0.250 e. The maximum atomic E-state index is 12.2. The second kappa shape index (κ2) is 5.93. The van der Waals surface area contributed by atoms with Crippen LogP contribution in [0.3, 0.4) is 0 Å². The third-order valence-corrected chi connectivity index (χ3v) is 5.13. The molecule has 4 nitrogen and oxygen atoms in total. The molecule has 0 aromatic heterocycles. The van der Waals surface area contributed by atoms with Gasteiger partial charge in [0.1, 0.15) is 5.69 Å². The van der Waals surface area contributed by atoms with Crippen molar-refractivity contribution < 1.29 is 0 Å². The second-order valence-electron chi connectivity index (χ2n) is 6.55. The first-order chi connectivity index (χ1) is 10.9. The van der Waals surface area contributed by atoms with Gasteiger partial charge in [-0.2, -0.15) is 0 Å². The number of piperazine rings is 1. The van der Waals surface area contributed by atoms with Gasteiger partial charge < -0.3 is 9.80 Å². The van der Waals surface area contributed by atoms with Crippen molar-refractivity contribution >= 4 is 5.69 Å². The van der Waals surface area contributed by atoms with Gasteiger partial charge in [-0.15, -0.1) is 0 Å². The molecule has 1 saturated heterocycles. The Labute approximate surface area is 137 Å². The Kier molecular flexibility index (Phi) is 4.11. The molecule has 1 heterocycles. The SMILES string of the molecule is CCN1CCN(c2c(-c3cc(C)c(C)cc3C)c(=O)c2=O)CC1. The van der Waals surface area contributed by atoms with Crippen LogP contribution in [-0.2, 0) is 0 Å². The third-order valence-electron chi connectivity index (χ3n) is 5.13. The average Bonchev–Trinajstić information content (AvgIpc) is 2.56. The van der Waals surface area contributed by atoms with Gasteiger partial charge in [0.2, 0.25) is 10.9 Å². The van der Waals surface area contributed by atoms with Crippen LogP contribution in [0.25, 0.3) is 11.1 Å². The molecular formula is C19H24N2O2. The standard InChI is InChI=1S/C19H24N2O2/c1-5-20-6-8-21(9-7-20)17-16(18(22)19(17)23)15-11-13(3)12(2)10-14(15)4/h10-11H,5-9H2,1-4H3. The fourth-order valence-electron chi connectivity index (χ4n) is 3.45. The molecule has 0 spiro atoms. The molecule has 0 amide bonds. The minimum absolute atomic E-state index is 0.317. The van der Waals surface area contributed by atoms with E-state index in [1.165, 1.54) is 5.56 Å². The van der Waals surface area contributed by atoms with Gasteiger partial charge in [-0.3, -0.25) is 9.59 Å². The topological polar surface area (TPSA) is 40.6 Å². The molecule has 1 aliphatic heterocycles. The van der Waals surface area contributed by atoms with Crippen molar-refractivity contribution in [2.75, 3.05) is 37.6 Å². The molecule has 2 aromatic carbocycles. The Hall–Kier alpha value is -1.94. The Balaban J connectivity index is 2.00. The lowest BCUT2D eigenvalue weighted by Gasteiger charge is -2.36. The van der Waals surface area contributed by atoms with Crippen molar-refractivity contribution in [2.45, 2.75) is 27.7 Å². The molecule has 23 heavy (non-hydrogen) atoms. The molecule has 0 atom stereocenters. The molecule has 1 fully saturated rings. The molecular weight excluding hydrogens is 288 g/mol. The number of anilines is 1. The van der Waals surface area contributed by atoms with E-state index in [1.54, 1.807) is 0 Å². The van der Waals surface area contributed by atoms with Crippen molar-refractivity contribution in [2.24, 2.45) is 0 Å². The van der Waals surface area contributed by atoms with E-state index in [4.69, 9.17) is 0 Å². The van der Waals surface area contributed by atoms with Crippen LogP contribution in [0.4, 0.5) is 5.69 Å². The summed E-state index contributed by atoms with van der Waals surface area (Å²) in [6, 6.07) is 4.15. The zero-order valence-corrected chi connectivity index (χ0v) is 14.4. The van der Waals surface area contributed by atoms with E-state index in [9.17, 15) is 9.59 Å². The van der Waals surface area contributed by atoms with Crippen LogP contribution in [0.15, 0.2) is 21.7 Å². The number of hydrogen-bond acceptors (Lipinski definition) is 4. The normalized spacial score (nSPS) is 16.3. The summed E-state index contributed by atoms with van der Waals surface area (Å²) >= 11 is 0. The van der Waals surface area contributed by atoms with Crippen molar-refractivity contribution in [3.63, 3.8) is 0 Å². The first-order valence-electron chi connectivity index (χ1n) is 8.32. The number of nitrogens with zero attached hydrogens (tertiary/aromatic N) is 2. The van der Waals surface area contributed by atoms with E-state index in [1.807, 2.05) is 19.9 Å². The largest absolute Gasteiger partial charge is 0.365 e. The van der Waals surface area contributed by atoms with Gasteiger partial charge in [0.15, 0.2) is 0 Å². The van der Waals surface area contributed by atoms with E-state index in [-0.39, 0.29) is 10.9 Å². The van der Waals surface area contributed by atoms with Crippen LogP contribution in [0.1, 0.15) is 23.6 Å². The van der Waals surface area contributed by atoms with Crippen molar-refractivity contribution in [3.05, 3.63) is 49.3 Å². The van der Waals surface area contributed by atoms with Gasteiger partial charge in [0.05, 0.1) is 5.56 Å². The number of likely N-dealkylation sites (N-methyl/N-ethyl adjacent to an activating group) is 1. The molecule has 0 radical (unpaired) electrons. The third kappa shape index (κ3) is 2.61. The predicted molar refractivity (Wildman–Crippen MR) is 95.3 cm³/mol. The van der Waals surface area contributed by atoms with Crippen LogP contribution >= 0.6 is 0 Å². The molecule has 0 bridgehead atoms. The Morgan fingerprint density at radius 1 is 0.870 bits per heavy atom. The highest BCUT2D eigenvalue weighted by Crippen LogP contribution is 2.31. The van der Waals surface area contributed by atoms with Crippen LogP contribution < -0.4 is 15.8 Å². The van der Waals surface area contributed by atoms with Crippen LogP contribution in [0.2, 0.25) is 0 Å². The van der Waals surface area contributed by atoms with Gasteiger partial charge in [-0.25, -0.2) is 0 Å². The first-order valence-corrected chi connectivity index (χ1v) is 8.32. The van der Waals surface area contributed by atoms with Crippen LogP contribution in [0.5, 0.6) is 0 Å². The molecule has 0 unspecified atom stereocenters. The van der Waals surface area contributed by atoms with Crippen molar-refractivity contribution in [1.29, 1.82) is 0 Å². The Bertz CT molecular complexity index is 808. The van der Waals surface area contributed by atoms with Gasteiger partial charge in [-0.05, 0) is 49.6 Å². The fraction of sp³-hybridized carbons (Fsp3) is 0.474. The molecule has 122 valence electrons. The molecule has 0 saturated carbocycles. The monoisotopic (exact) mass is 312 g/mol. The zero-order valence-electron chi connectivity index (χ0n) is 14.4. The fourth-order valence-corrected chi connectivity index (χ4v) is 3.45. The second-order valence-corrected chi connectivity index (χ2v) is 6.55. The van der Waals surface area contributed by atoms with E-state index < -0.39 is 0 Å². The summed E-state index contributed by atoms with van der Waals surface area (Å²) in [4.78, 5) is 28.9. The Morgan fingerprint density at radius 3 is 2.09 bits per heavy atom. The summed E-state index contributed by atoms with van der Waals surface area (Å²) in [5.74, 6) is 0. The molecule has 1 aliphatic rings. The average molecular weight is 312 g/mol. The number of hydrogen-bond donors (Lipinski definition) is 0. The van der Waals surface area contributed by atoms with E-state index >= 15 is 0 Å². The van der Waals surface area contributed by atoms with Gasteiger partial charge in [0.25, 0.3) is 0 Å². The minimum Gasteiger partial charge on any atom is -0.365 e. The summed E-state index contributed by atoms with van der Waals surface area (Å²) in [6.07, 6.45) is 0. The predicted octanol–water partition coefficient (Wildman–Crippen LogP) is 2.02. The molecule has 2 aromatic rings. The first kappa shape index (κ1) is 15.9. The summed E-state index contributed by atoms with van der Waals surface area (Å²) < 4.78 is 0. The van der Waals surface area contributed by atoms with Crippen molar-refractivity contribution in [1.82, 2.24) is 4.90 Å². The van der Waals surface area contributed by atoms with Gasteiger partial charge in [0, 0.05) is 26.2 Å². The lowest BCUT2D eigenvalue weighted by atomic mass is 9.91. The minimum atomic E-state index is -0.329. The van der Waals surface area contributed by atoms with Crippen molar-refractivity contribution in [3.8, 4) is 11.1 Å². The van der Waals surface area contributed by atoms with E-state index in [0.29, 0.717) is 11.3 Å². The van der Waals surface area contributed by atoms with Crippen LogP contribution in [-0.4, -0.2) is 37.6 Å². The van der Waals surface area contributed by atoms with E-state index in [0.717, 1.165) is 49.4 Å². The number of benzene rings is 1. The lowest BCUT2D eigenvalue weighted by molar-refractivity contribution is 0.271. The summed E-state index contributed by atoms with van der Waals surface area (Å²) in [5.41, 5.74) is 4.97. The maximum Gasteiger partial charge on any atom is 0.250 e. The maximum absolute atomic E-state index is 12.2. The van der Waals surface area contributed by atoms with Crippen LogP contribution in [0, 0.1) is 20.8 Å². The number of aryl methyl sites for hydroxylation is 3. The van der Waals surface area contributed by atoms with Gasteiger partial charge >= 0.3 is 0 Å². The zero-order chi connectivity index (χ0) is 16.7. The van der Waals surface area contributed by atoms with E-state index in [2.05, 4.69) is 29.7 Å². The van der Waals surface area contributed by atoms with Gasteiger partial charge in [-0.1, -0.05) is 19.1 Å². The highest BCUT2D eigenvalue weighted by Gasteiger charge is 2.29. The molecule has 0 aliphatic carbocycles. The summed E-state index contributed by atoms with van der Waals surface area (Å²) in [5, 5.41) is 0. The number of rotatable bonds is 3.